The predicted octanol–water partition coefficient (Wildman–Crippen LogP) is 0.125. The molecule has 1 atom stereocenters. The average Bonchev–Trinajstić information content (AvgIpc) is 2.63. The normalized spacial score (nSPS) is 13.0. The van der Waals surface area contributed by atoms with Crippen molar-refractivity contribution in [3.05, 3.63) is 18.5 Å². The van der Waals surface area contributed by atoms with Gasteiger partial charge in [0.1, 0.15) is 0 Å². The zero-order valence-electron chi connectivity index (χ0n) is 9.18. The SMILES string of the molecule is CC(C)NC(CCn1cccn1)C(N)=O. The van der Waals surface area contributed by atoms with Gasteiger partial charge in [-0.3, -0.25) is 9.48 Å². The van der Waals surface area contributed by atoms with Crippen LogP contribution >= 0.6 is 0 Å². The molecular formula is C10H18N4O. The molecule has 15 heavy (non-hydrogen) atoms. The molecule has 5 heteroatoms. The number of carbonyl (C=O) groups excluding carboxylic acids is 1. The third-order valence-electron chi connectivity index (χ3n) is 2.08. The highest BCUT2D eigenvalue weighted by molar-refractivity contribution is 5.79. The van der Waals surface area contributed by atoms with E-state index in [-0.39, 0.29) is 18.0 Å². The van der Waals surface area contributed by atoms with Gasteiger partial charge < -0.3 is 11.1 Å². The molecule has 0 aliphatic rings. The molecule has 0 radical (unpaired) electrons. The number of nitrogens with two attached hydrogens (primary N) is 1. The van der Waals surface area contributed by atoms with Gasteiger partial charge in [0.2, 0.25) is 5.91 Å². The van der Waals surface area contributed by atoms with Gasteiger partial charge in [-0.2, -0.15) is 5.10 Å². The summed E-state index contributed by atoms with van der Waals surface area (Å²) in [6.07, 6.45) is 4.25. The Bertz CT molecular complexity index is 294. The lowest BCUT2D eigenvalue weighted by Gasteiger charge is -2.17. The number of aryl methyl sites for hydroxylation is 1. The molecule has 0 aromatic carbocycles. The van der Waals surface area contributed by atoms with Gasteiger partial charge in [-0.15, -0.1) is 0 Å². The average molecular weight is 210 g/mol. The lowest BCUT2D eigenvalue weighted by atomic mass is 10.1. The molecule has 1 rings (SSSR count). The van der Waals surface area contributed by atoms with Crippen molar-refractivity contribution in [1.82, 2.24) is 15.1 Å². The summed E-state index contributed by atoms with van der Waals surface area (Å²) in [6, 6.07) is 1.82. The minimum absolute atomic E-state index is 0.250. The number of nitrogens with one attached hydrogen (secondary N) is 1. The molecule has 3 N–H and O–H groups in total. The molecule has 1 amide bonds. The van der Waals surface area contributed by atoms with E-state index in [4.69, 9.17) is 5.73 Å². The number of nitrogens with zero attached hydrogens (tertiary/aromatic N) is 2. The number of carbonyl (C=O) groups is 1. The Morgan fingerprint density at radius 2 is 2.33 bits per heavy atom. The summed E-state index contributed by atoms with van der Waals surface area (Å²) in [5.74, 6) is -0.309. The largest absolute Gasteiger partial charge is 0.368 e. The van der Waals surface area contributed by atoms with Crippen molar-refractivity contribution in [1.29, 1.82) is 0 Å². The van der Waals surface area contributed by atoms with Crippen LogP contribution in [0.15, 0.2) is 18.5 Å². The van der Waals surface area contributed by atoms with Crippen LogP contribution < -0.4 is 11.1 Å². The van der Waals surface area contributed by atoms with E-state index in [1.807, 2.05) is 26.1 Å². The van der Waals surface area contributed by atoms with Gasteiger partial charge in [0.25, 0.3) is 0 Å². The summed E-state index contributed by atoms with van der Waals surface area (Å²) in [4.78, 5) is 11.1. The Morgan fingerprint density at radius 3 is 2.80 bits per heavy atom. The number of primary amides is 1. The second kappa shape index (κ2) is 5.50. The van der Waals surface area contributed by atoms with Gasteiger partial charge in [-0.25, -0.2) is 0 Å². The van der Waals surface area contributed by atoms with Crippen molar-refractivity contribution in [2.45, 2.75) is 38.9 Å². The van der Waals surface area contributed by atoms with Crippen LogP contribution in [0.2, 0.25) is 0 Å². The van der Waals surface area contributed by atoms with Crippen LogP contribution in [0.5, 0.6) is 0 Å². The van der Waals surface area contributed by atoms with Crippen LogP contribution in [0.25, 0.3) is 0 Å². The summed E-state index contributed by atoms with van der Waals surface area (Å²) in [7, 11) is 0. The Morgan fingerprint density at radius 1 is 1.60 bits per heavy atom. The van der Waals surface area contributed by atoms with E-state index in [0.717, 1.165) is 0 Å². The van der Waals surface area contributed by atoms with E-state index in [1.165, 1.54) is 0 Å². The second-order valence-corrected chi connectivity index (χ2v) is 3.83. The summed E-state index contributed by atoms with van der Waals surface area (Å²) in [5.41, 5.74) is 5.29. The monoisotopic (exact) mass is 210 g/mol. The number of rotatable bonds is 6. The minimum atomic E-state index is -0.309. The van der Waals surface area contributed by atoms with E-state index in [2.05, 4.69) is 10.4 Å². The topological polar surface area (TPSA) is 72.9 Å². The Labute approximate surface area is 89.6 Å². The molecule has 1 aromatic rings. The highest BCUT2D eigenvalue weighted by Crippen LogP contribution is 1.97. The number of hydrogen-bond acceptors (Lipinski definition) is 3. The summed E-state index contributed by atoms with van der Waals surface area (Å²) >= 11 is 0. The molecule has 84 valence electrons. The molecule has 0 bridgehead atoms. The molecule has 1 unspecified atom stereocenters. The maximum Gasteiger partial charge on any atom is 0.234 e. The predicted molar refractivity (Wildman–Crippen MR) is 58.1 cm³/mol. The fourth-order valence-electron chi connectivity index (χ4n) is 1.40. The van der Waals surface area contributed by atoms with E-state index < -0.39 is 0 Å². The summed E-state index contributed by atoms with van der Waals surface area (Å²) < 4.78 is 1.79. The molecule has 0 spiro atoms. The molecule has 1 heterocycles. The van der Waals surface area contributed by atoms with E-state index in [1.54, 1.807) is 10.9 Å². The van der Waals surface area contributed by atoms with Gasteiger partial charge >= 0.3 is 0 Å². The molecule has 0 aliphatic heterocycles. The van der Waals surface area contributed by atoms with Crippen LogP contribution in [0.3, 0.4) is 0 Å². The molecule has 0 saturated heterocycles. The summed E-state index contributed by atoms with van der Waals surface area (Å²) in [6.45, 7) is 4.67. The number of hydrogen-bond donors (Lipinski definition) is 2. The molecule has 0 saturated carbocycles. The molecule has 0 fully saturated rings. The van der Waals surface area contributed by atoms with Crippen LogP contribution in [0.4, 0.5) is 0 Å². The zero-order chi connectivity index (χ0) is 11.3. The van der Waals surface area contributed by atoms with Crippen LogP contribution in [0, 0.1) is 0 Å². The summed E-state index contributed by atoms with van der Waals surface area (Å²) in [5, 5.41) is 7.19. The fourth-order valence-corrected chi connectivity index (χ4v) is 1.40. The zero-order valence-corrected chi connectivity index (χ0v) is 9.18. The van der Waals surface area contributed by atoms with Gasteiger partial charge in [-0.1, -0.05) is 13.8 Å². The Hall–Kier alpha value is -1.36. The van der Waals surface area contributed by atoms with Crippen molar-refractivity contribution >= 4 is 5.91 Å². The minimum Gasteiger partial charge on any atom is -0.368 e. The lowest BCUT2D eigenvalue weighted by molar-refractivity contribution is -0.120. The van der Waals surface area contributed by atoms with Crippen molar-refractivity contribution in [2.75, 3.05) is 0 Å². The van der Waals surface area contributed by atoms with Gasteiger partial charge in [-0.05, 0) is 12.5 Å². The Kier molecular flexibility index (Phi) is 4.30. The van der Waals surface area contributed by atoms with Crippen molar-refractivity contribution in [2.24, 2.45) is 5.73 Å². The van der Waals surface area contributed by atoms with Crippen molar-refractivity contribution in [3.8, 4) is 0 Å². The first-order chi connectivity index (χ1) is 7.09. The van der Waals surface area contributed by atoms with Crippen LogP contribution in [0.1, 0.15) is 20.3 Å². The molecule has 1 aromatic heterocycles. The second-order valence-electron chi connectivity index (χ2n) is 3.83. The van der Waals surface area contributed by atoms with Gasteiger partial charge in [0, 0.05) is 25.0 Å². The third kappa shape index (κ3) is 4.12. The van der Waals surface area contributed by atoms with Crippen molar-refractivity contribution < 1.29 is 4.79 Å². The highest BCUT2D eigenvalue weighted by atomic mass is 16.1. The maximum absolute atomic E-state index is 11.1. The fraction of sp³-hybridized carbons (Fsp3) is 0.600. The third-order valence-corrected chi connectivity index (χ3v) is 2.08. The molecule has 5 nitrogen and oxygen atoms in total. The molecule has 0 aliphatic carbocycles. The molecular weight excluding hydrogens is 192 g/mol. The standard InChI is InChI=1S/C10H18N4O/c1-8(2)13-9(10(11)15)4-7-14-6-3-5-12-14/h3,5-6,8-9,13H,4,7H2,1-2H3,(H2,11,15). The smallest absolute Gasteiger partial charge is 0.234 e. The number of aromatic nitrogens is 2. The van der Waals surface area contributed by atoms with E-state index >= 15 is 0 Å². The van der Waals surface area contributed by atoms with E-state index in [9.17, 15) is 4.79 Å². The lowest BCUT2D eigenvalue weighted by Crippen LogP contribution is -2.45. The first-order valence-electron chi connectivity index (χ1n) is 5.12. The van der Waals surface area contributed by atoms with Crippen LogP contribution in [-0.2, 0) is 11.3 Å². The quantitative estimate of drug-likeness (QED) is 0.700. The van der Waals surface area contributed by atoms with E-state index in [0.29, 0.717) is 13.0 Å². The van der Waals surface area contributed by atoms with Gasteiger partial charge in [0.05, 0.1) is 6.04 Å². The maximum atomic E-state index is 11.1. The van der Waals surface area contributed by atoms with Crippen molar-refractivity contribution in [3.63, 3.8) is 0 Å². The number of amides is 1. The highest BCUT2D eigenvalue weighted by Gasteiger charge is 2.15. The first kappa shape index (κ1) is 11.7. The first-order valence-corrected chi connectivity index (χ1v) is 5.12. The van der Waals surface area contributed by atoms with Crippen LogP contribution in [-0.4, -0.2) is 27.8 Å². The Balaban J connectivity index is 2.41. The van der Waals surface area contributed by atoms with Gasteiger partial charge in [0.15, 0.2) is 0 Å².